The zero-order valence-corrected chi connectivity index (χ0v) is 15.7. The van der Waals surface area contributed by atoms with Crippen LogP contribution in [-0.2, 0) is 4.79 Å². The monoisotopic (exact) mass is 384 g/mol. The summed E-state index contributed by atoms with van der Waals surface area (Å²) in [5.74, 6) is -0.270. The molecule has 1 atom stereocenters. The van der Waals surface area contributed by atoms with Crippen molar-refractivity contribution in [2.45, 2.75) is 19.9 Å². The fraction of sp³-hybridized carbons (Fsp3) is 0.176. The molecule has 0 aliphatic heterocycles. The minimum atomic E-state index is -0.496. The van der Waals surface area contributed by atoms with Gasteiger partial charge in [-0.25, -0.2) is 9.97 Å². The third-order valence-corrected chi connectivity index (χ3v) is 5.37. The summed E-state index contributed by atoms with van der Waals surface area (Å²) in [7, 11) is 0. The van der Waals surface area contributed by atoms with Crippen molar-refractivity contribution in [2.75, 3.05) is 5.32 Å². The highest BCUT2D eigenvalue weighted by molar-refractivity contribution is 7.22. The standard InChI is InChI=1S/C17H16N6OS2/c1-10-9-25-16(20-10)12(7-18)8-19-23-15(24)11(2)21-17-22-13-5-3-4-6-14(13)26-17/h3-6,8-9,11,19H,1-2H3,(H,21,22)(H,23,24)/b12-8+/t11-/m1/s1. The number of aryl methyl sites for hydroxylation is 1. The van der Waals surface area contributed by atoms with E-state index >= 15 is 0 Å². The van der Waals surface area contributed by atoms with Crippen molar-refractivity contribution in [3.8, 4) is 6.07 Å². The maximum absolute atomic E-state index is 12.2. The Morgan fingerprint density at radius 2 is 2.15 bits per heavy atom. The number of nitriles is 1. The summed E-state index contributed by atoms with van der Waals surface area (Å²) < 4.78 is 1.06. The van der Waals surface area contributed by atoms with Gasteiger partial charge in [0.2, 0.25) is 0 Å². The molecule has 0 radical (unpaired) electrons. The topological polar surface area (TPSA) is 103 Å². The van der Waals surface area contributed by atoms with Crippen LogP contribution in [0.4, 0.5) is 5.13 Å². The van der Waals surface area contributed by atoms with Gasteiger partial charge in [0.25, 0.3) is 5.91 Å². The number of hydrazine groups is 1. The van der Waals surface area contributed by atoms with E-state index < -0.39 is 6.04 Å². The molecule has 132 valence electrons. The Morgan fingerprint density at radius 3 is 2.85 bits per heavy atom. The highest BCUT2D eigenvalue weighted by Crippen LogP contribution is 2.25. The van der Waals surface area contributed by atoms with E-state index in [9.17, 15) is 10.1 Å². The summed E-state index contributed by atoms with van der Waals surface area (Å²) in [6.45, 7) is 3.60. The predicted octanol–water partition coefficient (Wildman–Crippen LogP) is 3.05. The number of thiazole rings is 2. The highest BCUT2D eigenvalue weighted by atomic mass is 32.1. The zero-order chi connectivity index (χ0) is 18.5. The third-order valence-electron chi connectivity index (χ3n) is 3.41. The lowest BCUT2D eigenvalue weighted by Crippen LogP contribution is -2.43. The zero-order valence-electron chi connectivity index (χ0n) is 14.1. The van der Waals surface area contributed by atoms with Gasteiger partial charge >= 0.3 is 0 Å². The Kier molecular flexibility index (Phi) is 5.46. The number of allylic oxidation sites excluding steroid dienone is 1. The molecule has 2 heterocycles. The number of nitrogens with zero attached hydrogens (tertiary/aromatic N) is 3. The van der Waals surface area contributed by atoms with Gasteiger partial charge in [0.15, 0.2) is 5.13 Å². The van der Waals surface area contributed by atoms with E-state index in [2.05, 4.69) is 32.2 Å². The molecule has 2 aromatic heterocycles. The van der Waals surface area contributed by atoms with Crippen molar-refractivity contribution in [1.82, 2.24) is 20.8 Å². The Balaban J connectivity index is 1.57. The van der Waals surface area contributed by atoms with Crippen molar-refractivity contribution in [2.24, 2.45) is 0 Å². The fourth-order valence-corrected chi connectivity index (χ4v) is 3.81. The summed E-state index contributed by atoms with van der Waals surface area (Å²) in [5, 5.41) is 15.4. The molecule has 3 N–H and O–H groups in total. The first-order chi connectivity index (χ1) is 12.6. The molecule has 1 aromatic carbocycles. The number of carbonyl (C=O) groups excluding carboxylic acids is 1. The Hall–Kier alpha value is -2.96. The van der Waals surface area contributed by atoms with Crippen molar-refractivity contribution in [1.29, 1.82) is 5.26 Å². The molecule has 3 rings (SSSR count). The number of aromatic nitrogens is 2. The Bertz CT molecular complexity index is 967. The number of nitrogens with one attached hydrogen (secondary N) is 3. The second-order valence-electron chi connectivity index (χ2n) is 5.45. The number of anilines is 1. The molecule has 0 aliphatic rings. The summed E-state index contributed by atoms with van der Waals surface area (Å²) in [4.78, 5) is 20.9. The molecule has 0 saturated heterocycles. The number of rotatable bonds is 6. The minimum Gasteiger partial charge on any atom is -0.350 e. The van der Waals surface area contributed by atoms with Crippen molar-refractivity contribution in [3.63, 3.8) is 0 Å². The lowest BCUT2D eigenvalue weighted by Gasteiger charge is -2.12. The number of benzene rings is 1. The Morgan fingerprint density at radius 1 is 1.35 bits per heavy atom. The molecule has 26 heavy (non-hydrogen) atoms. The molecule has 1 amide bonds. The van der Waals surface area contributed by atoms with Gasteiger partial charge in [-0.15, -0.1) is 11.3 Å². The van der Waals surface area contributed by atoms with Gasteiger partial charge < -0.3 is 10.7 Å². The number of hydrogen-bond acceptors (Lipinski definition) is 8. The van der Waals surface area contributed by atoms with Crippen LogP contribution in [0.3, 0.4) is 0 Å². The van der Waals surface area contributed by atoms with E-state index in [1.807, 2.05) is 36.6 Å². The van der Waals surface area contributed by atoms with Crippen molar-refractivity contribution >= 4 is 49.5 Å². The first kappa shape index (κ1) is 17.8. The molecular weight excluding hydrogens is 368 g/mol. The van der Waals surface area contributed by atoms with Crippen LogP contribution in [0, 0.1) is 18.3 Å². The van der Waals surface area contributed by atoms with E-state index in [1.54, 1.807) is 6.92 Å². The van der Waals surface area contributed by atoms with E-state index in [0.717, 1.165) is 15.9 Å². The van der Waals surface area contributed by atoms with Gasteiger partial charge in [-0.05, 0) is 26.0 Å². The van der Waals surface area contributed by atoms with E-state index in [1.165, 1.54) is 28.9 Å². The molecule has 7 nitrogen and oxygen atoms in total. The molecule has 9 heteroatoms. The first-order valence-electron chi connectivity index (χ1n) is 7.77. The van der Waals surface area contributed by atoms with Crippen LogP contribution in [0.25, 0.3) is 15.8 Å². The van der Waals surface area contributed by atoms with Crippen LogP contribution in [0.5, 0.6) is 0 Å². The van der Waals surface area contributed by atoms with Gasteiger partial charge in [0, 0.05) is 17.3 Å². The second-order valence-corrected chi connectivity index (χ2v) is 7.34. The van der Waals surface area contributed by atoms with E-state index in [-0.39, 0.29) is 5.91 Å². The normalized spacial score (nSPS) is 12.4. The smallest absolute Gasteiger partial charge is 0.260 e. The maximum atomic E-state index is 12.2. The predicted molar refractivity (Wildman–Crippen MR) is 104 cm³/mol. The molecule has 0 fully saturated rings. The minimum absolute atomic E-state index is 0.270. The largest absolute Gasteiger partial charge is 0.350 e. The fourth-order valence-electron chi connectivity index (χ4n) is 2.09. The van der Waals surface area contributed by atoms with Crippen LogP contribution in [-0.4, -0.2) is 21.9 Å². The number of para-hydroxylation sites is 1. The summed E-state index contributed by atoms with van der Waals surface area (Å²) in [6, 6.07) is 9.36. The van der Waals surface area contributed by atoms with Crippen molar-refractivity contribution in [3.05, 3.63) is 46.5 Å². The van der Waals surface area contributed by atoms with Crippen LogP contribution >= 0.6 is 22.7 Å². The molecule has 0 bridgehead atoms. The molecule has 0 unspecified atom stereocenters. The maximum Gasteiger partial charge on any atom is 0.260 e. The number of hydrogen-bond donors (Lipinski definition) is 3. The second kappa shape index (κ2) is 7.95. The average molecular weight is 384 g/mol. The summed E-state index contributed by atoms with van der Waals surface area (Å²) in [5.41, 5.74) is 7.32. The highest BCUT2D eigenvalue weighted by Gasteiger charge is 2.14. The number of amides is 1. The first-order valence-corrected chi connectivity index (χ1v) is 9.46. The van der Waals surface area contributed by atoms with Gasteiger partial charge in [-0.1, -0.05) is 23.5 Å². The van der Waals surface area contributed by atoms with Crippen molar-refractivity contribution < 1.29 is 4.79 Å². The van der Waals surface area contributed by atoms with Gasteiger partial charge in [-0.2, -0.15) is 5.26 Å². The molecule has 0 saturated carbocycles. The number of carbonyl (C=O) groups is 1. The van der Waals surface area contributed by atoms with Crippen LogP contribution in [0.1, 0.15) is 17.6 Å². The average Bonchev–Trinajstić information content (AvgIpc) is 3.23. The molecule has 3 aromatic rings. The molecule has 0 aliphatic carbocycles. The van der Waals surface area contributed by atoms with Gasteiger partial charge in [-0.3, -0.25) is 10.2 Å². The van der Waals surface area contributed by atoms with Crippen LogP contribution in [0.15, 0.2) is 35.8 Å². The lowest BCUT2D eigenvalue weighted by molar-refractivity contribution is -0.122. The van der Waals surface area contributed by atoms with E-state index in [4.69, 9.17) is 0 Å². The summed E-state index contributed by atoms with van der Waals surface area (Å²) >= 11 is 2.87. The SMILES string of the molecule is Cc1csc(/C(C#N)=C/NNC(=O)[C@@H](C)Nc2nc3ccccc3s2)n1. The van der Waals surface area contributed by atoms with Gasteiger partial charge in [0.1, 0.15) is 22.7 Å². The van der Waals surface area contributed by atoms with Gasteiger partial charge in [0.05, 0.1) is 10.2 Å². The quantitative estimate of drug-likeness (QED) is 0.446. The summed E-state index contributed by atoms with van der Waals surface area (Å²) in [6.07, 6.45) is 1.43. The van der Waals surface area contributed by atoms with Crippen LogP contribution in [0.2, 0.25) is 0 Å². The van der Waals surface area contributed by atoms with Crippen LogP contribution < -0.4 is 16.2 Å². The Labute approximate surface area is 158 Å². The third kappa shape index (κ3) is 4.17. The molecular formula is C17H16N6OS2. The lowest BCUT2D eigenvalue weighted by atomic mass is 10.3. The van der Waals surface area contributed by atoms with E-state index in [0.29, 0.717) is 15.7 Å². The molecule has 0 spiro atoms. The number of fused-ring (bicyclic) bond motifs is 1.